The largest absolute Gasteiger partial charge is 0.493 e. The van der Waals surface area contributed by atoms with Crippen molar-refractivity contribution in [3.63, 3.8) is 0 Å². The van der Waals surface area contributed by atoms with Gasteiger partial charge in [-0.3, -0.25) is 5.41 Å². The van der Waals surface area contributed by atoms with Crippen molar-refractivity contribution >= 4 is 23.2 Å². The molecule has 0 saturated carbocycles. The summed E-state index contributed by atoms with van der Waals surface area (Å²) in [5.41, 5.74) is 2.17. The van der Waals surface area contributed by atoms with Gasteiger partial charge in [0.1, 0.15) is 5.49 Å². The first kappa shape index (κ1) is 20.5. The van der Waals surface area contributed by atoms with E-state index in [1.165, 1.54) is 11.5 Å². The Kier molecular flexibility index (Phi) is 6.56. The highest BCUT2D eigenvalue weighted by Crippen LogP contribution is 2.38. The van der Waals surface area contributed by atoms with Gasteiger partial charge < -0.3 is 19.5 Å². The summed E-state index contributed by atoms with van der Waals surface area (Å²) in [4.78, 5) is 5.78. The highest BCUT2D eigenvalue weighted by atomic mass is 32.1. The van der Waals surface area contributed by atoms with Crippen LogP contribution in [0.15, 0.2) is 53.5 Å². The van der Waals surface area contributed by atoms with E-state index < -0.39 is 0 Å². The Labute approximate surface area is 173 Å². The molecule has 0 saturated heterocycles. The molecule has 152 valence electrons. The number of hydrogen-bond donors (Lipinski definition) is 2. The van der Waals surface area contributed by atoms with Crippen LogP contribution in [-0.4, -0.2) is 31.2 Å². The minimum atomic E-state index is 0.370. The summed E-state index contributed by atoms with van der Waals surface area (Å²) < 4.78 is 18.0. The van der Waals surface area contributed by atoms with Crippen LogP contribution in [0.25, 0.3) is 0 Å². The van der Waals surface area contributed by atoms with Crippen molar-refractivity contribution in [3.05, 3.63) is 64.5 Å². The molecule has 7 nitrogen and oxygen atoms in total. The molecule has 0 aliphatic rings. The van der Waals surface area contributed by atoms with Crippen LogP contribution in [0.4, 0.5) is 5.69 Å². The minimum Gasteiger partial charge on any atom is -0.493 e. The van der Waals surface area contributed by atoms with Crippen LogP contribution in [0.1, 0.15) is 10.4 Å². The van der Waals surface area contributed by atoms with Crippen molar-refractivity contribution in [2.45, 2.75) is 13.5 Å². The molecule has 3 rings (SSSR count). The van der Waals surface area contributed by atoms with Crippen LogP contribution < -0.4 is 25.0 Å². The molecule has 2 aromatic carbocycles. The van der Waals surface area contributed by atoms with Crippen molar-refractivity contribution in [1.82, 2.24) is 3.96 Å². The molecule has 1 heterocycles. The first-order valence-corrected chi connectivity index (χ1v) is 9.73. The van der Waals surface area contributed by atoms with Gasteiger partial charge in [-0.15, -0.1) is 0 Å². The lowest BCUT2D eigenvalue weighted by atomic mass is 10.2. The van der Waals surface area contributed by atoms with E-state index in [9.17, 15) is 0 Å². The van der Waals surface area contributed by atoms with Gasteiger partial charge in [0.25, 0.3) is 0 Å². The highest BCUT2D eigenvalue weighted by molar-refractivity contribution is 7.07. The molecule has 0 fully saturated rings. The summed E-state index contributed by atoms with van der Waals surface area (Å²) in [5.74, 6) is 2.28. The van der Waals surface area contributed by atoms with Crippen LogP contribution in [0.3, 0.4) is 0 Å². The van der Waals surface area contributed by atoms with Crippen LogP contribution in [-0.2, 0) is 6.54 Å². The molecule has 3 aromatic rings. The molecular formula is C21H24N4O3S. The molecule has 0 bridgehead atoms. The van der Waals surface area contributed by atoms with E-state index in [1.807, 2.05) is 55.5 Å². The molecule has 0 unspecified atom stereocenters. The average Bonchev–Trinajstić information content (AvgIpc) is 3.08. The quantitative estimate of drug-likeness (QED) is 0.476. The molecule has 8 heteroatoms. The second-order valence-corrected chi connectivity index (χ2v) is 7.38. The number of aromatic nitrogens is 1. The molecule has 0 radical (unpaired) electrons. The Morgan fingerprint density at radius 1 is 1.03 bits per heavy atom. The molecule has 0 aliphatic carbocycles. The zero-order chi connectivity index (χ0) is 20.8. The van der Waals surface area contributed by atoms with Gasteiger partial charge in [0.2, 0.25) is 11.7 Å². The van der Waals surface area contributed by atoms with E-state index >= 15 is 0 Å². The fraction of sp³-hybridized carbons (Fsp3) is 0.238. The molecule has 0 amide bonds. The standard InChI is InChI=1S/C21H24N4O3S/c1-14-10-19(22)25(29-14)21(24-16-8-6-5-7-9-16)23-13-15-11-17(26-2)20(28-4)18(12-15)27-3/h5-12,22H,13H2,1-4H3,(H,23,24). The minimum absolute atomic E-state index is 0.370. The number of nitrogens with zero attached hydrogens (tertiary/aromatic N) is 2. The van der Waals surface area contributed by atoms with Crippen LogP contribution in [0.5, 0.6) is 17.2 Å². The van der Waals surface area contributed by atoms with E-state index in [0.717, 1.165) is 16.1 Å². The molecule has 0 spiro atoms. The number of anilines is 1. The second kappa shape index (κ2) is 9.29. The average molecular weight is 413 g/mol. The number of benzene rings is 2. The van der Waals surface area contributed by atoms with E-state index in [0.29, 0.717) is 35.2 Å². The van der Waals surface area contributed by atoms with Gasteiger partial charge >= 0.3 is 0 Å². The topological polar surface area (TPSA) is 80.9 Å². The van der Waals surface area contributed by atoms with Crippen molar-refractivity contribution in [2.75, 3.05) is 26.6 Å². The lowest BCUT2D eigenvalue weighted by molar-refractivity contribution is 0.324. The Balaban J connectivity index is 1.98. The predicted octanol–water partition coefficient (Wildman–Crippen LogP) is 3.88. The molecular weight excluding hydrogens is 388 g/mol. The Bertz CT molecular complexity index is 1030. The number of nitrogens with one attached hydrogen (secondary N) is 2. The summed E-state index contributed by atoms with van der Waals surface area (Å²) in [7, 11) is 4.75. The van der Waals surface area contributed by atoms with Crippen molar-refractivity contribution in [2.24, 2.45) is 4.99 Å². The fourth-order valence-corrected chi connectivity index (χ4v) is 3.62. The molecule has 0 aliphatic heterocycles. The van der Waals surface area contributed by atoms with Crippen molar-refractivity contribution in [1.29, 1.82) is 5.41 Å². The smallest absolute Gasteiger partial charge is 0.218 e. The van der Waals surface area contributed by atoms with Gasteiger partial charge in [-0.2, -0.15) is 0 Å². The van der Waals surface area contributed by atoms with Gasteiger partial charge in [-0.25, -0.2) is 8.95 Å². The van der Waals surface area contributed by atoms with Gasteiger partial charge in [0, 0.05) is 10.6 Å². The zero-order valence-corrected chi connectivity index (χ0v) is 17.7. The second-order valence-electron chi connectivity index (χ2n) is 6.19. The maximum atomic E-state index is 8.25. The van der Waals surface area contributed by atoms with E-state index in [-0.39, 0.29) is 0 Å². The highest BCUT2D eigenvalue weighted by Gasteiger charge is 2.14. The maximum absolute atomic E-state index is 8.25. The fourth-order valence-electron chi connectivity index (χ4n) is 2.83. The summed E-state index contributed by atoms with van der Waals surface area (Å²) in [6.45, 7) is 2.34. The van der Waals surface area contributed by atoms with Gasteiger partial charge in [-0.05, 0) is 42.8 Å². The van der Waals surface area contributed by atoms with Gasteiger partial charge in [-0.1, -0.05) is 29.7 Å². The summed E-state index contributed by atoms with van der Waals surface area (Å²) in [6.07, 6.45) is 0. The Morgan fingerprint density at radius 3 is 2.21 bits per heavy atom. The number of rotatable bonds is 6. The number of hydrogen-bond acceptors (Lipinski definition) is 6. The summed E-state index contributed by atoms with van der Waals surface area (Å²) >= 11 is 1.46. The number of ether oxygens (including phenoxy) is 3. The number of aliphatic imine (C=N–C) groups is 1. The third kappa shape index (κ3) is 4.78. The van der Waals surface area contributed by atoms with Crippen LogP contribution in [0.2, 0.25) is 0 Å². The van der Waals surface area contributed by atoms with Gasteiger partial charge in [0.05, 0.1) is 27.9 Å². The molecule has 1 aromatic heterocycles. The SMILES string of the molecule is COc1cc(CN=C(Nc2ccccc2)n2sc(C)cc2=N)cc(OC)c1OC. The Hall–Kier alpha value is -3.26. The predicted molar refractivity (Wildman–Crippen MR) is 116 cm³/mol. The first-order valence-electron chi connectivity index (χ1n) is 8.96. The van der Waals surface area contributed by atoms with Gasteiger partial charge in [0.15, 0.2) is 11.5 Å². The summed E-state index contributed by atoms with van der Waals surface area (Å²) in [5, 5.41) is 11.6. The zero-order valence-electron chi connectivity index (χ0n) is 16.9. The van der Waals surface area contributed by atoms with Crippen molar-refractivity contribution in [3.8, 4) is 17.2 Å². The summed E-state index contributed by atoms with van der Waals surface area (Å²) in [6, 6.07) is 15.3. The molecule has 2 N–H and O–H groups in total. The lowest BCUT2D eigenvalue weighted by Crippen LogP contribution is -2.28. The third-order valence-corrected chi connectivity index (χ3v) is 5.11. The lowest BCUT2D eigenvalue weighted by Gasteiger charge is -2.14. The first-order chi connectivity index (χ1) is 14.0. The maximum Gasteiger partial charge on any atom is 0.218 e. The number of methoxy groups -OCH3 is 3. The number of para-hydroxylation sites is 1. The number of aryl methyl sites for hydroxylation is 1. The van der Waals surface area contributed by atoms with E-state index in [1.54, 1.807) is 25.3 Å². The Morgan fingerprint density at radius 2 is 1.69 bits per heavy atom. The van der Waals surface area contributed by atoms with Crippen LogP contribution in [0, 0.1) is 12.3 Å². The van der Waals surface area contributed by atoms with E-state index in [4.69, 9.17) is 24.6 Å². The molecule has 0 atom stereocenters. The van der Waals surface area contributed by atoms with E-state index in [2.05, 4.69) is 5.32 Å². The normalized spacial score (nSPS) is 11.2. The van der Waals surface area contributed by atoms with Crippen LogP contribution >= 0.6 is 11.5 Å². The third-order valence-electron chi connectivity index (χ3n) is 4.15. The van der Waals surface area contributed by atoms with Crippen molar-refractivity contribution < 1.29 is 14.2 Å². The molecule has 29 heavy (non-hydrogen) atoms. The monoisotopic (exact) mass is 412 g/mol.